The molecule has 1 N–H and O–H groups in total. The minimum Gasteiger partial charge on any atom is -0.507 e. The van der Waals surface area contributed by atoms with Gasteiger partial charge in [0, 0.05) is 11.6 Å². The third-order valence-corrected chi connectivity index (χ3v) is 3.44. The predicted octanol–water partition coefficient (Wildman–Crippen LogP) is 2.28. The van der Waals surface area contributed by atoms with Crippen molar-refractivity contribution in [2.45, 2.75) is 39.7 Å². The highest BCUT2D eigenvalue weighted by Crippen LogP contribution is 2.33. The molecule has 1 aliphatic rings. The van der Waals surface area contributed by atoms with Gasteiger partial charge in [0.2, 0.25) is 11.4 Å². The molecule has 0 amide bonds. The van der Waals surface area contributed by atoms with E-state index in [0.717, 1.165) is 0 Å². The van der Waals surface area contributed by atoms with Crippen LogP contribution in [-0.2, 0) is 19.1 Å². The number of allylic oxidation sites excluding steroid dienone is 1. The van der Waals surface area contributed by atoms with E-state index in [2.05, 4.69) is 0 Å². The van der Waals surface area contributed by atoms with Crippen LogP contribution in [0, 0.1) is 5.92 Å². The van der Waals surface area contributed by atoms with Crippen LogP contribution in [0.5, 0.6) is 0 Å². The Morgan fingerprint density at radius 2 is 2.11 bits per heavy atom. The monoisotopic (exact) mass is 268 g/mol. The van der Waals surface area contributed by atoms with E-state index in [1.165, 1.54) is 27.0 Å². The van der Waals surface area contributed by atoms with Crippen molar-refractivity contribution in [3.63, 3.8) is 0 Å². The van der Waals surface area contributed by atoms with Crippen molar-refractivity contribution in [2.24, 2.45) is 5.92 Å². The average molecular weight is 268 g/mol. The van der Waals surface area contributed by atoms with Crippen LogP contribution in [0.15, 0.2) is 23.2 Å². The standard InChI is InChI=1S/C14H20O5/c1-6-8(2)13(17)19-14(4)11(18-5)7-10(15)9(3)12(14)16/h7-8,15H,6H2,1-5H3/t8-,14-/m0/s1. The maximum Gasteiger partial charge on any atom is 0.310 e. The number of Topliss-reactive ketones (excluding diaryl/α,β-unsaturated/α-hetero) is 1. The van der Waals surface area contributed by atoms with Gasteiger partial charge in [-0.25, -0.2) is 0 Å². The molecule has 1 aliphatic carbocycles. The van der Waals surface area contributed by atoms with Gasteiger partial charge in [-0.2, -0.15) is 0 Å². The average Bonchev–Trinajstić information content (AvgIpc) is 2.39. The number of carbonyl (C=O) groups excluding carboxylic acids is 2. The molecule has 0 unspecified atom stereocenters. The number of aliphatic hydroxyl groups excluding tert-OH is 1. The van der Waals surface area contributed by atoms with E-state index in [-0.39, 0.29) is 23.0 Å². The van der Waals surface area contributed by atoms with Gasteiger partial charge in [-0.15, -0.1) is 0 Å². The lowest BCUT2D eigenvalue weighted by molar-refractivity contribution is -0.167. The van der Waals surface area contributed by atoms with E-state index in [4.69, 9.17) is 9.47 Å². The molecule has 5 nitrogen and oxygen atoms in total. The normalized spacial score (nSPS) is 24.9. The number of rotatable bonds is 4. The van der Waals surface area contributed by atoms with Crippen LogP contribution >= 0.6 is 0 Å². The minimum absolute atomic E-state index is 0.122. The van der Waals surface area contributed by atoms with E-state index in [1.54, 1.807) is 6.92 Å². The first-order chi connectivity index (χ1) is 8.77. The van der Waals surface area contributed by atoms with E-state index in [9.17, 15) is 14.7 Å². The summed E-state index contributed by atoms with van der Waals surface area (Å²) in [6.45, 7) is 6.55. The largest absolute Gasteiger partial charge is 0.507 e. The van der Waals surface area contributed by atoms with Crippen molar-refractivity contribution in [3.05, 3.63) is 23.2 Å². The molecule has 0 aromatic heterocycles. The first-order valence-corrected chi connectivity index (χ1v) is 6.21. The molecule has 0 aromatic carbocycles. The molecule has 0 spiro atoms. The number of aliphatic hydroxyl groups is 1. The summed E-state index contributed by atoms with van der Waals surface area (Å²) >= 11 is 0. The number of hydrogen-bond acceptors (Lipinski definition) is 5. The van der Waals surface area contributed by atoms with Gasteiger partial charge < -0.3 is 14.6 Å². The van der Waals surface area contributed by atoms with Crippen LogP contribution in [0.4, 0.5) is 0 Å². The van der Waals surface area contributed by atoms with Crippen LogP contribution in [0.2, 0.25) is 0 Å². The van der Waals surface area contributed by atoms with Crippen molar-refractivity contribution >= 4 is 11.8 Å². The zero-order valence-corrected chi connectivity index (χ0v) is 11.9. The summed E-state index contributed by atoms with van der Waals surface area (Å²) < 4.78 is 10.4. The fourth-order valence-electron chi connectivity index (χ4n) is 1.77. The van der Waals surface area contributed by atoms with Crippen molar-refractivity contribution in [3.8, 4) is 0 Å². The molecule has 5 heteroatoms. The number of esters is 1. The van der Waals surface area contributed by atoms with Gasteiger partial charge in [-0.05, 0) is 20.3 Å². The summed E-state index contributed by atoms with van der Waals surface area (Å²) in [5.74, 6) is -1.28. The Morgan fingerprint density at radius 3 is 2.58 bits per heavy atom. The van der Waals surface area contributed by atoms with Gasteiger partial charge in [0.25, 0.3) is 0 Å². The number of ketones is 1. The third kappa shape index (κ3) is 2.64. The molecule has 2 atom stereocenters. The Labute approximate surface area is 112 Å². The highest BCUT2D eigenvalue weighted by atomic mass is 16.6. The second kappa shape index (κ2) is 5.47. The fourth-order valence-corrected chi connectivity index (χ4v) is 1.77. The lowest BCUT2D eigenvalue weighted by Gasteiger charge is -2.33. The summed E-state index contributed by atoms with van der Waals surface area (Å²) in [6.07, 6.45) is 1.93. The maximum atomic E-state index is 12.3. The molecule has 106 valence electrons. The number of ether oxygens (including phenoxy) is 2. The van der Waals surface area contributed by atoms with Crippen LogP contribution in [-0.4, -0.2) is 29.6 Å². The number of carbonyl (C=O) groups is 2. The first-order valence-electron chi connectivity index (χ1n) is 6.21. The van der Waals surface area contributed by atoms with E-state index in [0.29, 0.717) is 6.42 Å². The highest BCUT2D eigenvalue weighted by molar-refractivity contribution is 6.06. The van der Waals surface area contributed by atoms with E-state index >= 15 is 0 Å². The van der Waals surface area contributed by atoms with Crippen LogP contribution in [0.25, 0.3) is 0 Å². The quantitative estimate of drug-likeness (QED) is 0.792. The molecule has 0 bridgehead atoms. The maximum absolute atomic E-state index is 12.3. The van der Waals surface area contributed by atoms with Crippen molar-refractivity contribution in [1.82, 2.24) is 0 Å². The number of hydrogen-bond donors (Lipinski definition) is 1. The molecule has 19 heavy (non-hydrogen) atoms. The Hall–Kier alpha value is -1.78. The molecule has 0 saturated heterocycles. The molecule has 0 aliphatic heterocycles. The van der Waals surface area contributed by atoms with Crippen molar-refractivity contribution < 1.29 is 24.2 Å². The Bertz CT molecular complexity index is 460. The molecular formula is C14H20O5. The Morgan fingerprint density at radius 1 is 1.53 bits per heavy atom. The molecule has 0 saturated carbocycles. The van der Waals surface area contributed by atoms with Crippen LogP contribution in [0.3, 0.4) is 0 Å². The van der Waals surface area contributed by atoms with Gasteiger partial charge in [-0.1, -0.05) is 13.8 Å². The van der Waals surface area contributed by atoms with Gasteiger partial charge in [-0.3, -0.25) is 9.59 Å². The highest BCUT2D eigenvalue weighted by Gasteiger charge is 2.46. The third-order valence-electron chi connectivity index (χ3n) is 3.44. The summed E-state index contributed by atoms with van der Waals surface area (Å²) in [4.78, 5) is 24.2. The smallest absolute Gasteiger partial charge is 0.310 e. The van der Waals surface area contributed by atoms with Crippen LogP contribution < -0.4 is 0 Å². The van der Waals surface area contributed by atoms with Crippen molar-refractivity contribution in [1.29, 1.82) is 0 Å². The number of methoxy groups -OCH3 is 1. The van der Waals surface area contributed by atoms with Gasteiger partial charge in [0.05, 0.1) is 13.0 Å². The molecule has 0 aromatic rings. The lowest BCUT2D eigenvalue weighted by atomic mass is 9.87. The second-order valence-electron chi connectivity index (χ2n) is 4.82. The topological polar surface area (TPSA) is 72.8 Å². The SMILES string of the molecule is CC[C@H](C)C(=O)O[C@]1(C)C(=O)C(C)=C(O)C=C1OC. The zero-order valence-electron chi connectivity index (χ0n) is 11.9. The fraction of sp³-hybridized carbons (Fsp3) is 0.571. The van der Waals surface area contributed by atoms with Crippen molar-refractivity contribution in [2.75, 3.05) is 7.11 Å². The molecular weight excluding hydrogens is 248 g/mol. The van der Waals surface area contributed by atoms with E-state index in [1.807, 2.05) is 6.92 Å². The van der Waals surface area contributed by atoms with Gasteiger partial charge in [0.1, 0.15) is 5.76 Å². The minimum atomic E-state index is -1.51. The zero-order chi connectivity index (χ0) is 14.8. The molecule has 0 fully saturated rings. The summed E-state index contributed by atoms with van der Waals surface area (Å²) in [6, 6.07) is 0. The summed E-state index contributed by atoms with van der Waals surface area (Å²) in [5.41, 5.74) is -1.36. The Balaban J connectivity index is 3.13. The summed E-state index contributed by atoms with van der Waals surface area (Å²) in [7, 11) is 1.36. The summed E-state index contributed by atoms with van der Waals surface area (Å²) in [5, 5.41) is 9.63. The molecule has 0 heterocycles. The molecule has 0 radical (unpaired) electrons. The van der Waals surface area contributed by atoms with Crippen LogP contribution in [0.1, 0.15) is 34.1 Å². The first kappa shape index (κ1) is 15.3. The Kier molecular flexibility index (Phi) is 4.39. The predicted molar refractivity (Wildman–Crippen MR) is 69.4 cm³/mol. The van der Waals surface area contributed by atoms with E-state index < -0.39 is 17.4 Å². The van der Waals surface area contributed by atoms with Gasteiger partial charge in [0.15, 0.2) is 5.76 Å². The lowest BCUT2D eigenvalue weighted by Crippen LogP contribution is -2.46. The van der Waals surface area contributed by atoms with Gasteiger partial charge >= 0.3 is 5.97 Å². The second-order valence-corrected chi connectivity index (χ2v) is 4.82. The molecule has 1 rings (SSSR count).